The Morgan fingerprint density at radius 2 is 2.27 bits per heavy atom. The van der Waals surface area contributed by atoms with Crippen LogP contribution in [0.25, 0.3) is 0 Å². The summed E-state index contributed by atoms with van der Waals surface area (Å²) in [7, 11) is 0. The third-order valence-corrected chi connectivity index (χ3v) is 1.92. The van der Waals surface area contributed by atoms with Crippen LogP contribution in [0.2, 0.25) is 0 Å². The van der Waals surface area contributed by atoms with Crippen LogP contribution in [0.3, 0.4) is 0 Å². The van der Waals surface area contributed by atoms with E-state index < -0.39 is 0 Å². The van der Waals surface area contributed by atoms with E-state index in [9.17, 15) is 0 Å². The van der Waals surface area contributed by atoms with Gasteiger partial charge < -0.3 is 15.6 Å². The normalized spacial score (nSPS) is 20.2. The largest absolute Gasteiger partial charge is 0.392 e. The molecule has 0 bridgehead atoms. The molecular formula is C8H17NO2. The molecule has 3 heteroatoms. The van der Waals surface area contributed by atoms with Gasteiger partial charge in [0.2, 0.25) is 0 Å². The number of nitrogens with two attached hydrogens (primary N) is 1. The maximum absolute atomic E-state index is 9.03. The molecule has 11 heavy (non-hydrogen) atoms. The zero-order chi connectivity index (χ0) is 8.10. The smallest absolute Gasteiger partial charge is 0.0684 e. The van der Waals surface area contributed by atoms with Gasteiger partial charge in [-0.3, -0.25) is 0 Å². The molecule has 3 N–H and O–H groups in total. The lowest BCUT2D eigenvalue weighted by Crippen LogP contribution is -2.21. The van der Waals surface area contributed by atoms with Gasteiger partial charge in [0.05, 0.1) is 6.10 Å². The molecule has 1 fully saturated rings. The highest BCUT2D eigenvalue weighted by Gasteiger charge is 2.20. The van der Waals surface area contributed by atoms with Crippen molar-refractivity contribution in [2.75, 3.05) is 19.8 Å². The summed E-state index contributed by atoms with van der Waals surface area (Å²) in [6, 6.07) is 0. The van der Waals surface area contributed by atoms with Crippen molar-refractivity contribution >= 4 is 0 Å². The highest BCUT2D eigenvalue weighted by atomic mass is 16.5. The fraction of sp³-hybridized carbons (Fsp3) is 1.00. The van der Waals surface area contributed by atoms with E-state index in [4.69, 9.17) is 15.6 Å². The van der Waals surface area contributed by atoms with Crippen molar-refractivity contribution in [3.05, 3.63) is 0 Å². The van der Waals surface area contributed by atoms with E-state index in [1.54, 1.807) is 0 Å². The molecule has 0 heterocycles. The first-order valence-electron chi connectivity index (χ1n) is 4.29. The second kappa shape index (κ2) is 4.70. The van der Waals surface area contributed by atoms with Gasteiger partial charge in [0.1, 0.15) is 0 Å². The minimum atomic E-state index is -0.380. The van der Waals surface area contributed by atoms with Crippen LogP contribution in [0, 0.1) is 5.92 Å². The molecule has 1 unspecified atom stereocenters. The number of rotatable bonds is 6. The van der Waals surface area contributed by atoms with Crippen LogP contribution < -0.4 is 5.73 Å². The van der Waals surface area contributed by atoms with Crippen molar-refractivity contribution in [2.24, 2.45) is 11.7 Å². The predicted molar refractivity (Wildman–Crippen MR) is 43.2 cm³/mol. The van der Waals surface area contributed by atoms with Gasteiger partial charge in [0.15, 0.2) is 0 Å². The number of hydrogen-bond donors (Lipinski definition) is 2. The predicted octanol–water partition coefficient (Wildman–Crippen LogP) is 0.123. The van der Waals surface area contributed by atoms with Crippen molar-refractivity contribution in [1.82, 2.24) is 0 Å². The minimum Gasteiger partial charge on any atom is -0.392 e. The summed E-state index contributed by atoms with van der Waals surface area (Å²) in [4.78, 5) is 0. The molecule has 0 aliphatic heterocycles. The Labute approximate surface area is 67.5 Å². The van der Waals surface area contributed by atoms with Gasteiger partial charge in [0.25, 0.3) is 0 Å². The van der Waals surface area contributed by atoms with Crippen molar-refractivity contribution in [1.29, 1.82) is 0 Å². The molecule has 1 aliphatic carbocycles. The average molecular weight is 159 g/mol. The molecule has 0 aromatic rings. The molecule has 1 saturated carbocycles. The van der Waals surface area contributed by atoms with Gasteiger partial charge in [-0.2, -0.15) is 0 Å². The van der Waals surface area contributed by atoms with Gasteiger partial charge in [0, 0.05) is 19.8 Å². The zero-order valence-corrected chi connectivity index (χ0v) is 6.83. The standard InChI is InChI=1S/C8H17NO2/c9-5-8(10)3-4-11-6-7-1-2-7/h7-8,10H,1-6,9H2. The topological polar surface area (TPSA) is 55.5 Å². The zero-order valence-electron chi connectivity index (χ0n) is 6.83. The van der Waals surface area contributed by atoms with Gasteiger partial charge in [-0.1, -0.05) is 0 Å². The van der Waals surface area contributed by atoms with Crippen molar-refractivity contribution in [3.8, 4) is 0 Å². The quantitative estimate of drug-likeness (QED) is 0.541. The second-order valence-electron chi connectivity index (χ2n) is 3.20. The monoisotopic (exact) mass is 159 g/mol. The van der Waals surface area contributed by atoms with Crippen LogP contribution in [0.5, 0.6) is 0 Å². The van der Waals surface area contributed by atoms with Crippen LogP contribution in [-0.4, -0.2) is 31.0 Å². The lowest BCUT2D eigenvalue weighted by Gasteiger charge is -2.07. The van der Waals surface area contributed by atoms with Crippen molar-refractivity contribution in [2.45, 2.75) is 25.4 Å². The Hall–Kier alpha value is -0.120. The molecule has 0 amide bonds. The molecular weight excluding hydrogens is 142 g/mol. The molecule has 66 valence electrons. The van der Waals surface area contributed by atoms with E-state index in [1.165, 1.54) is 12.8 Å². The third kappa shape index (κ3) is 4.35. The van der Waals surface area contributed by atoms with E-state index >= 15 is 0 Å². The van der Waals surface area contributed by atoms with Gasteiger partial charge >= 0.3 is 0 Å². The van der Waals surface area contributed by atoms with Crippen LogP contribution in [0.15, 0.2) is 0 Å². The molecule has 0 radical (unpaired) electrons. The van der Waals surface area contributed by atoms with Crippen LogP contribution in [0.1, 0.15) is 19.3 Å². The van der Waals surface area contributed by atoms with Gasteiger partial charge in [-0.15, -0.1) is 0 Å². The molecule has 0 spiro atoms. The first kappa shape index (κ1) is 8.97. The maximum atomic E-state index is 9.03. The number of ether oxygens (including phenoxy) is 1. The van der Waals surface area contributed by atoms with Gasteiger partial charge in [-0.05, 0) is 25.2 Å². The second-order valence-corrected chi connectivity index (χ2v) is 3.20. The summed E-state index contributed by atoms with van der Waals surface area (Å²) in [5.74, 6) is 0.810. The maximum Gasteiger partial charge on any atom is 0.0684 e. The average Bonchev–Trinajstić information content (AvgIpc) is 2.81. The Morgan fingerprint density at radius 3 is 2.82 bits per heavy atom. The Balaban J connectivity index is 1.79. The summed E-state index contributed by atoms with van der Waals surface area (Å²) in [5.41, 5.74) is 5.22. The highest BCUT2D eigenvalue weighted by molar-refractivity contribution is 4.72. The van der Waals surface area contributed by atoms with E-state index in [0.717, 1.165) is 12.5 Å². The van der Waals surface area contributed by atoms with Crippen LogP contribution in [0.4, 0.5) is 0 Å². The Morgan fingerprint density at radius 1 is 1.55 bits per heavy atom. The number of hydrogen-bond acceptors (Lipinski definition) is 3. The first-order valence-corrected chi connectivity index (χ1v) is 4.29. The fourth-order valence-corrected chi connectivity index (χ4v) is 0.872. The Bertz CT molecular complexity index is 104. The first-order chi connectivity index (χ1) is 5.33. The molecule has 1 rings (SSSR count). The summed E-state index contributed by atoms with van der Waals surface area (Å²) in [6.45, 7) is 1.86. The van der Waals surface area contributed by atoms with Crippen LogP contribution in [-0.2, 0) is 4.74 Å². The minimum absolute atomic E-state index is 0.340. The lowest BCUT2D eigenvalue weighted by molar-refractivity contribution is 0.0798. The van der Waals surface area contributed by atoms with Crippen LogP contribution >= 0.6 is 0 Å². The van der Waals surface area contributed by atoms with E-state index in [0.29, 0.717) is 19.6 Å². The molecule has 0 aromatic carbocycles. The molecule has 1 atom stereocenters. The van der Waals surface area contributed by atoms with Crippen molar-refractivity contribution < 1.29 is 9.84 Å². The van der Waals surface area contributed by atoms with E-state index in [1.807, 2.05) is 0 Å². The van der Waals surface area contributed by atoms with E-state index in [2.05, 4.69) is 0 Å². The molecule has 1 aliphatic rings. The van der Waals surface area contributed by atoms with E-state index in [-0.39, 0.29) is 6.10 Å². The van der Waals surface area contributed by atoms with Gasteiger partial charge in [-0.25, -0.2) is 0 Å². The summed E-state index contributed by atoms with van der Waals surface area (Å²) < 4.78 is 5.31. The Kier molecular flexibility index (Phi) is 3.83. The molecule has 0 saturated heterocycles. The van der Waals surface area contributed by atoms with Crippen molar-refractivity contribution in [3.63, 3.8) is 0 Å². The summed E-state index contributed by atoms with van der Waals surface area (Å²) in [5, 5.41) is 9.03. The summed E-state index contributed by atoms with van der Waals surface area (Å²) in [6.07, 6.45) is 2.93. The lowest BCUT2D eigenvalue weighted by atomic mass is 10.3. The SMILES string of the molecule is NCC(O)CCOCC1CC1. The molecule has 0 aromatic heterocycles. The highest BCUT2D eigenvalue weighted by Crippen LogP contribution is 2.28. The number of aliphatic hydroxyl groups is 1. The third-order valence-electron chi connectivity index (χ3n) is 1.92. The fourth-order valence-electron chi connectivity index (χ4n) is 0.872. The number of aliphatic hydroxyl groups excluding tert-OH is 1. The summed E-state index contributed by atoms with van der Waals surface area (Å²) >= 11 is 0. The molecule has 3 nitrogen and oxygen atoms in total.